The van der Waals surface area contributed by atoms with Crippen molar-refractivity contribution in [3.05, 3.63) is 12.7 Å². The van der Waals surface area contributed by atoms with E-state index in [9.17, 15) is 14.6 Å². The van der Waals surface area contributed by atoms with Gasteiger partial charge in [-0.05, 0) is 5.92 Å². The second-order valence-electron chi connectivity index (χ2n) is 5.21. The molecule has 0 aromatic carbocycles. The van der Waals surface area contributed by atoms with E-state index < -0.39 is 24.2 Å². The van der Waals surface area contributed by atoms with Gasteiger partial charge in [0, 0.05) is 12.5 Å². The minimum Gasteiger partial charge on any atom is -0.396 e. The van der Waals surface area contributed by atoms with Gasteiger partial charge in [-0.25, -0.2) is 19.3 Å². The number of fused-ring (bicyclic) bond motifs is 1. The Hall–Kier alpha value is -1.80. The lowest BCUT2D eigenvalue weighted by Crippen LogP contribution is -2.27. The van der Waals surface area contributed by atoms with Crippen LogP contribution in [0.3, 0.4) is 0 Å². The summed E-state index contributed by atoms with van der Waals surface area (Å²) in [6.45, 7) is 1.54. The quantitative estimate of drug-likeness (QED) is 0.709. The van der Waals surface area contributed by atoms with Crippen molar-refractivity contribution in [3.63, 3.8) is 0 Å². The summed E-state index contributed by atoms with van der Waals surface area (Å²) in [6, 6.07) is -0.638. The lowest BCUT2D eigenvalue weighted by atomic mass is 9.95. The number of nitrogens with zero attached hydrogens (tertiary/aromatic N) is 4. The fourth-order valence-electron chi connectivity index (χ4n) is 3.06. The summed E-state index contributed by atoms with van der Waals surface area (Å²) in [4.78, 5) is 12.0. The number of rotatable bonds is 2. The summed E-state index contributed by atoms with van der Waals surface area (Å²) in [5, 5.41) is 19.2. The largest absolute Gasteiger partial charge is 0.396 e. The van der Waals surface area contributed by atoms with Crippen molar-refractivity contribution in [1.29, 1.82) is 0 Å². The highest BCUT2D eigenvalue weighted by Crippen LogP contribution is 2.43. The second kappa shape index (κ2) is 4.64. The number of aromatic nitrogens is 4. The van der Waals surface area contributed by atoms with Gasteiger partial charge in [-0.2, -0.15) is 0 Å². The van der Waals surface area contributed by atoms with Crippen molar-refractivity contribution in [2.45, 2.75) is 25.2 Å². The molecule has 5 atom stereocenters. The first-order chi connectivity index (χ1) is 9.56. The molecule has 0 spiro atoms. The Morgan fingerprint density at radius 2 is 2.15 bits per heavy atom. The smallest absolute Gasteiger partial charge is 0.165 e. The van der Waals surface area contributed by atoms with Gasteiger partial charge >= 0.3 is 0 Å². The maximum atomic E-state index is 14.4. The first kappa shape index (κ1) is 13.2. The van der Waals surface area contributed by atoms with E-state index in [0.29, 0.717) is 11.2 Å². The van der Waals surface area contributed by atoms with Gasteiger partial charge in [0.05, 0.1) is 18.5 Å². The van der Waals surface area contributed by atoms with Gasteiger partial charge in [0.25, 0.3) is 0 Å². The zero-order valence-electron chi connectivity index (χ0n) is 10.9. The number of anilines is 1. The Bertz CT molecular complexity index is 633. The zero-order chi connectivity index (χ0) is 14.4. The van der Waals surface area contributed by atoms with Crippen LogP contribution in [0.5, 0.6) is 0 Å². The van der Waals surface area contributed by atoms with E-state index in [2.05, 4.69) is 15.0 Å². The number of imidazole rings is 1. The molecule has 20 heavy (non-hydrogen) atoms. The number of hydrogen-bond acceptors (Lipinski definition) is 6. The Morgan fingerprint density at radius 1 is 1.40 bits per heavy atom. The van der Waals surface area contributed by atoms with Gasteiger partial charge in [-0.15, -0.1) is 0 Å². The SMILES string of the molecule is CC1[C@@H](n2cnc3c(N)ncnc32)[C@@H](F)[C@H](O)[C@H]1CO. The molecule has 3 rings (SSSR count). The summed E-state index contributed by atoms with van der Waals surface area (Å²) >= 11 is 0. The number of aliphatic hydroxyl groups is 2. The van der Waals surface area contributed by atoms with Gasteiger partial charge in [0.2, 0.25) is 0 Å². The van der Waals surface area contributed by atoms with Crippen LogP contribution in [0.1, 0.15) is 13.0 Å². The first-order valence-electron chi connectivity index (χ1n) is 6.42. The highest BCUT2D eigenvalue weighted by molar-refractivity contribution is 5.81. The molecule has 0 radical (unpaired) electrons. The van der Waals surface area contributed by atoms with Crippen LogP contribution in [0, 0.1) is 11.8 Å². The zero-order valence-corrected chi connectivity index (χ0v) is 10.9. The van der Waals surface area contributed by atoms with Crippen molar-refractivity contribution in [3.8, 4) is 0 Å². The van der Waals surface area contributed by atoms with Crippen LogP contribution in [-0.2, 0) is 0 Å². The van der Waals surface area contributed by atoms with Crippen molar-refractivity contribution in [2.75, 3.05) is 12.3 Å². The topological polar surface area (TPSA) is 110 Å². The lowest BCUT2D eigenvalue weighted by Gasteiger charge is -2.21. The molecular weight excluding hydrogens is 265 g/mol. The van der Waals surface area contributed by atoms with Crippen LogP contribution >= 0.6 is 0 Å². The van der Waals surface area contributed by atoms with Gasteiger partial charge in [0.15, 0.2) is 11.5 Å². The Kier molecular flexibility index (Phi) is 3.06. The molecule has 2 aromatic rings. The van der Waals surface area contributed by atoms with Crippen molar-refractivity contribution in [2.24, 2.45) is 11.8 Å². The van der Waals surface area contributed by atoms with E-state index in [4.69, 9.17) is 5.73 Å². The number of hydrogen-bond donors (Lipinski definition) is 3. The Morgan fingerprint density at radius 3 is 2.80 bits per heavy atom. The Balaban J connectivity index is 2.09. The molecule has 0 bridgehead atoms. The second-order valence-corrected chi connectivity index (χ2v) is 5.21. The molecular formula is C12H16FN5O2. The van der Waals surface area contributed by atoms with Crippen molar-refractivity contribution in [1.82, 2.24) is 19.5 Å². The summed E-state index contributed by atoms with van der Waals surface area (Å²) in [5.74, 6) is -0.528. The summed E-state index contributed by atoms with van der Waals surface area (Å²) < 4.78 is 15.9. The van der Waals surface area contributed by atoms with Crippen LogP contribution < -0.4 is 5.73 Å². The van der Waals surface area contributed by atoms with Gasteiger partial charge in [-0.3, -0.25) is 0 Å². The summed E-state index contributed by atoms with van der Waals surface area (Å²) in [6.07, 6.45) is 0.0610. The molecule has 2 aromatic heterocycles. The maximum absolute atomic E-state index is 14.4. The molecule has 0 aliphatic heterocycles. The third-order valence-corrected chi connectivity index (χ3v) is 4.22. The Labute approximate surface area is 114 Å². The van der Waals surface area contributed by atoms with Crippen LogP contribution in [0.2, 0.25) is 0 Å². The van der Waals surface area contributed by atoms with E-state index in [1.807, 2.05) is 0 Å². The number of halogens is 1. The average molecular weight is 281 g/mol. The normalized spacial score (nSPS) is 33.9. The molecule has 4 N–H and O–H groups in total. The van der Waals surface area contributed by atoms with E-state index in [1.54, 1.807) is 11.5 Å². The molecule has 7 nitrogen and oxygen atoms in total. The molecule has 1 unspecified atom stereocenters. The van der Waals surface area contributed by atoms with Crippen LogP contribution in [0.25, 0.3) is 11.2 Å². The van der Waals surface area contributed by atoms with E-state index in [0.717, 1.165) is 0 Å². The average Bonchev–Trinajstić information content (AvgIpc) is 2.92. The third kappa shape index (κ3) is 1.68. The molecule has 1 aliphatic carbocycles. The van der Waals surface area contributed by atoms with Crippen LogP contribution in [-0.4, -0.2) is 48.6 Å². The number of nitrogens with two attached hydrogens (primary N) is 1. The molecule has 1 aliphatic rings. The third-order valence-electron chi connectivity index (χ3n) is 4.22. The molecule has 108 valence electrons. The number of nitrogen functional groups attached to an aromatic ring is 1. The minimum absolute atomic E-state index is 0.231. The predicted octanol–water partition coefficient (Wildman–Crippen LogP) is -0.0932. The minimum atomic E-state index is -1.49. The molecule has 0 amide bonds. The molecule has 1 fully saturated rings. The standard InChI is InChI=1S/C12H16FN5O2/c1-5-6(2-19)10(20)7(13)9(5)18-4-17-8-11(14)15-3-16-12(8)18/h3-7,9-10,19-20H,2H2,1H3,(H2,14,15,16)/t5?,6-,7+,9+,10+/m0/s1. The highest BCUT2D eigenvalue weighted by Gasteiger charge is 2.49. The van der Waals surface area contributed by atoms with E-state index >= 15 is 0 Å². The van der Waals surface area contributed by atoms with E-state index in [1.165, 1.54) is 12.7 Å². The summed E-state index contributed by atoms with van der Waals surface area (Å²) in [7, 11) is 0. The van der Waals surface area contributed by atoms with Gasteiger partial charge in [0.1, 0.15) is 18.0 Å². The van der Waals surface area contributed by atoms with Gasteiger partial charge in [-0.1, -0.05) is 6.92 Å². The highest BCUT2D eigenvalue weighted by atomic mass is 19.1. The number of alkyl halides is 1. The van der Waals surface area contributed by atoms with E-state index in [-0.39, 0.29) is 18.3 Å². The number of aliphatic hydroxyl groups excluding tert-OH is 2. The fraction of sp³-hybridized carbons (Fsp3) is 0.583. The first-order valence-corrected chi connectivity index (χ1v) is 6.42. The summed E-state index contributed by atoms with van der Waals surface area (Å²) in [5.41, 5.74) is 6.55. The monoisotopic (exact) mass is 281 g/mol. The van der Waals surface area contributed by atoms with Crippen LogP contribution in [0.15, 0.2) is 12.7 Å². The van der Waals surface area contributed by atoms with Crippen molar-refractivity contribution >= 4 is 17.0 Å². The molecule has 2 heterocycles. The predicted molar refractivity (Wildman–Crippen MR) is 69.4 cm³/mol. The molecule has 8 heteroatoms. The van der Waals surface area contributed by atoms with Gasteiger partial charge < -0.3 is 20.5 Å². The van der Waals surface area contributed by atoms with Crippen LogP contribution in [0.4, 0.5) is 10.2 Å². The molecule has 1 saturated carbocycles. The maximum Gasteiger partial charge on any atom is 0.165 e. The van der Waals surface area contributed by atoms with Crippen molar-refractivity contribution < 1.29 is 14.6 Å². The fourth-order valence-corrected chi connectivity index (χ4v) is 3.06. The molecule has 0 saturated heterocycles. The lowest BCUT2D eigenvalue weighted by molar-refractivity contribution is 0.0360.